The van der Waals surface area contributed by atoms with E-state index < -0.39 is 11.7 Å². The van der Waals surface area contributed by atoms with Crippen LogP contribution in [0.15, 0.2) is 60.9 Å². The van der Waals surface area contributed by atoms with Gasteiger partial charge in [0.2, 0.25) is 5.95 Å². The Morgan fingerprint density at radius 1 is 1.20 bits per heavy atom. The summed E-state index contributed by atoms with van der Waals surface area (Å²) in [7, 11) is 1.84. The Morgan fingerprint density at radius 3 is 2.83 bits per heavy atom. The number of aryl methyl sites for hydroxylation is 1. The lowest BCUT2D eigenvalue weighted by Gasteiger charge is -2.35. The molecule has 0 radical (unpaired) electrons. The van der Waals surface area contributed by atoms with E-state index in [2.05, 4.69) is 31.7 Å². The number of carbonyl (C=O) groups is 1. The van der Waals surface area contributed by atoms with Crippen molar-refractivity contribution < 1.29 is 9.18 Å². The number of hydrogen-bond donors (Lipinski definition) is 2. The highest BCUT2D eigenvalue weighted by Crippen LogP contribution is 2.32. The highest BCUT2D eigenvalue weighted by molar-refractivity contribution is 6.11. The molecule has 1 amide bonds. The molecule has 1 aliphatic rings. The fourth-order valence-corrected chi connectivity index (χ4v) is 5.04. The minimum atomic E-state index is -0.650. The molecule has 1 saturated heterocycles. The lowest BCUT2D eigenvalue weighted by Crippen LogP contribution is -2.49. The molecule has 204 valence electrons. The topological polar surface area (TPSA) is 110 Å². The molecule has 2 N–H and O–H groups in total. The van der Waals surface area contributed by atoms with Crippen LogP contribution in [-0.4, -0.2) is 53.6 Å². The zero-order chi connectivity index (χ0) is 28.1. The summed E-state index contributed by atoms with van der Waals surface area (Å²) in [6, 6.07) is 16.0. The Hall–Kier alpha value is -4.62. The van der Waals surface area contributed by atoms with Crippen LogP contribution in [0.25, 0.3) is 10.8 Å². The van der Waals surface area contributed by atoms with Crippen LogP contribution in [-0.2, 0) is 0 Å². The highest BCUT2D eigenvalue weighted by atomic mass is 19.1. The van der Waals surface area contributed by atoms with Crippen molar-refractivity contribution in [3.8, 4) is 6.07 Å². The number of piperidine rings is 1. The third kappa shape index (κ3) is 5.70. The molecule has 0 spiro atoms. The molecular formula is C30H31FN8O. The Kier molecular flexibility index (Phi) is 8.12. The van der Waals surface area contributed by atoms with Crippen LogP contribution in [0.3, 0.4) is 0 Å². The SMILES string of the molecule is Cc1cccc2ccnc(N(C(=O)c3ccc(Nc4nccc(N(C)CCC#N)n4)cc3F)[C@@H]3CCCNC3)c12. The Labute approximate surface area is 232 Å². The summed E-state index contributed by atoms with van der Waals surface area (Å²) in [6.07, 6.45) is 5.36. The van der Waals surface area contributed by atoms with Gasteiger partial charge in [0, 0.05) is 43.6 Å². The fraction of sp³-hybridized carbons (Fsp3) is 0.300. The van der Waals surface area contributed by atoms with Gasteiger partial charge in [0.25, 0.3) is 5.91 Å². The van der Waals surface area contributed by atoms with Crippen LogP contribution >= 0.6 is 0 Å². The second kappa shape index (κ2) is 12.1. The van der Waals surface area contributed by atoms with Crippen molar-refractivity contribution in [3.63, 3.8) is 0 Å². The Bertz CT molecular complexity index is 1560. The average Bonchev–Trinajstić information content (AvgIpc) is 2.97. The maximum atomic E-state index is 15.6. The number of nitrogens with one attached hydrogen (secondary N) is 2. The molecule has 4 aromatic rings. The number of aromatic nitrogens is 3. The first-order valence-electron chi connectivity index (χ1n) is 13.3. The van der Waals surface area contributed by atoms with Crippen LogP contribution in [0, 0.1) is 24.1 Å². The van der Waals surface area contributed by atoms with Gasteiger partial charge in [-0.15, -0.1) is 0 Å². The molecule has 0 aliphatic carbocycles. The number of anilines is 4. The van der Waals surface area contributed by atoms with Gasteiger partial charge in [-0.25, -0.2) is 14.4 Å². The van der Waals surface area contributed by atoms with Gasteiger partial charge in [-0.2, -0.15) is 10.2 Å². The standard InChI is InChI=1S/C30H31FN8O/c1-20-6-3-7-21-11-15-34-28(27(20)21)39(23-8-4-14-33-19-23)29(40)24-10-9-22(18-25(24)31)36-30-35-16-12-26(37-30)38(2)17-5-13-32/h3,6-7,9-12,15-16,18,23,33H,4-5,8,14,17,19H2,1-2H3,(H,35,36,37)/t23-/m1/s1. The predicted molar refractivity (Wildman–Crippen MR) is 154 cm³/mol. The molecule has 5 rings (SSSR count). The molecule has 1 aliphatic heterocycles. The summed E-state index contributed by atoms with van der Waals surface area (Å²) in [5.41, 5.74) is 1.38. The minimum Gasteiger partial charge on any atom is -0.358 e. The van der Waals surface area contributed by atoms with E-state index in [4.69, 9.17) is 5.26 Å². The number of halogens is 1. The lowest BCUT2D eigenvalue weighted by atomic mass is 10.0. The van der Waals surface area contributed by atoms with Gasteiger partial charge in [-0.3, -0.25) is 9.69 Å². The maximum absolute atomic E-state index is 15.6. The Morgan fingerprint density at radius 2 is 2.05 bits per heavy atom. The van der Waals surface area contributed by atoms with Crippen molar-refractivity contribution in [2.45, 2.75) is 32.2 Å². The molecule has 0 unspecified atom stereocenters. The van der Waals surface area contributed by atoms with Crippen molar-refractivity contribution in [1.82, 2.24) is 20.3 Å². The number of nitriles is 1. The number of amides is 1. The molecule has 1 atom stereocenters. The average molecular weight is 539 g/mol. The van der Waals surface area contributed by atoms with Crippen molar-refractivity contribution in [3.05, 3.63) is 77.9 Å². The minimum absolute atomic E-state index is 0.0329. The number of carbonyl (C=O) groups excluding carboxylic acids is 1. The predicted octanol–water partition coefficient (Wildman–Crippen LogP) is 4.96. The zero-order valence-electron chi connectivity index (χ0n) is 22.6. The second-order valence-electron chi connectivity index (χ2n) is 9.87. The van der Waals surface area contributed by atoms with Crippen LogP contribution in [0.2, 0.25) is 0 Å². The van der Waals surface area contributed by atoms with Crippen LogP contribution in [0.1, 0.15) is 35.2 Å². The van der Waals surface area contributed by atoms with E-state index in [-0.39, 0.29) is 17.6 Å². The molecule has 0 saturated carbocycles. The third-order valence-electron chi connectivity index (χ3n) is 7.11. The van der Waals surface area contributed by atoms with E-state index in [1.165, 1.54) is 12.1 Å². The number of nitrogens with zero attached hydrogens (tertiary/aromatic N) is 6. The van der Waals surface area contributed by atoms with Crippen molar-refractivity contribution in [2.24, 2.45) is 0 Å². The summed E-state index contributed by atoms with van der Waals surface area (Å²) in [5.74, 6) is 0.378. The lowest BCUT2D eigenvalue weighted by molar-refractivity contribution is 0.0968. The second-order valence-corrected chi connectivity index (χ2v) is 9.87. The summed E-state index contributed by atoms with van der Waals surface area (Å²) in [6.45, 7) is 4.01. The summed E-state index contributed by atoms with van der Waals surface area (Å²) >= 11 is 0. The normalized spacial score (nSPS) is 14.9. The molecule has 2 aromatic carbocycles. The van der Waals surface area contributed by atoms with E-state index in [1.807, 2.05) is 43.1 Å². The fourth-order valence-electron chi connectivity index (χ4n) is 5.04. The van der Waals surface area contributed by atoms with Crippen molar-refractivity contribution in [2.75, 3.05) is 41.8 Å². The van der Waals surface area contributed by atoms with E-state index >= 15 is 4.39 Å². The number of hydrogen-bond acceptors (Lipinski definition) is 8. The van der Waals surface area contributed by atoms with Crippen LogP contribution in [0.5, 0.6) is 0 Å². The smallest absolute Gasteiger partial charge is 0.262 e. The van der Waals surface area contributed by atoms with Gasteiger partial charge in [-0.1, -0.05) is 18.2 Å². The monoisotopic (exact) mass is 538 g/mol. The van der Waals surface area contributed by atoms with Crippen LogP contribution < -0.4 is 20.4 Å². The first-order valence-corrected chi connectivity index (χ1v) is 13.3. The molecular weight excluding hydrogens is 507 g/mol. The molecule has 2 aromatic heterocycles. The van der Waals surface area contributed by atoms with Crippen LogP contribution in [0.4, 0.5) is 27.7 Å². The summed E-state index contributed by atoms with van der Waals surface area (Å²) in [4.78, 5) is 30.9. The molecule has 3 heterocycles. The first-order chi connectivity index (χ1) is 19.5. The number of benzene rings is 2. The van der Waals surface area contributed by atoms with E-state index in [0.717, 1.165) is 35.7 Å². The van der Waals surface area contributed by atoms with Gasteiger partial charge < -0.3 is 15.5 Å². The van der Waals surface area contributed by atoms with Gasteiger partial charge in [-0.05, 0) is 67.6 Å². The summed E-state index contributed by atoms with van der Waals surface area (Å²) in [5, 5.41) is 17.1. The largest absolute Gasteiger partial charge is 0.358 e. The molecule has 1 fully saturated rings. The summed E-state index contributed by atoms with van der Waals surface area (Å²) < 4.78 is 15.6. The first kappa shape index (κ1) is 27.0. The molecule has 0 bridgehead atoms. The quantitative estimate of drug-likeness (QED) is 0.324. The van der Waals surface area contributed by atoms with Gasteiger partial charge in [0.1, 0.15) is 17.5 Å². The van der Waals surface area contributed by atoms with Gasteiger partial charge >= 0.3 is 0 Å². The maximum Gasteiger partial charge on any atom is 0.262 e. The van der Waals surface area contributed by atoms with E-state index in [0.29, 0.717) is 36.8 Å². The number of fused-ring (bicyclic) bond motifs is 1. The highest BCUT2D eigenvalue weighted by Gasteiger charge is 2.31. The molecule has 9 nitrogen and oxygen atoms in total. The van der Waals surface area contributed by atoms with E-state index in [1.54, 1.807) is 29.4 Å². The molecule has 40 heavy (non-hydrogen) atoms. The third-order valence-corrected chi connectivity index (χ3v) is 7.11. The number of rotatable bonds is 8. The zero-order valence-corrected chi connectivity index (χ0v) is 22.6. The molecule has 10 heteroatoms. The van der Waals surface area contributed by atoms with Crippen molar-refractivity contribution >= 4 is 40.0 Å². The van der Waals surface area contributed by atoms with Gasteiger partial charge in [0.15, 0.2) is 0 Å². The van der Waals surface area contributed by atoms with Gasteiger partial charge in [0.05, 0.1) is 24.1 Å². The van der Waals surface area contributed by atoms with E-state index in [9.17, 15) is 4.79 Å². The number of pyridine rings is 1. The Balaban J connectivity index is 1.45. The van der Waals surface area contributed by atoms with Crippen molar-refractivity contribution in [1.29, 1.82) is 5.26 Å².